The molecule has 50 heavy (non-hydrogen) atoms. The van der Waals surface area contributed by atoms with Gasteiger partial charge < -0.3 is 24.6 Å². The van der Waals surface area contributed by atoms with Gasteiger partial charge in [-0.25, -0.2) is 4.57 Å². The summed E-state index contributed by atoms with van der Waals surface area (Å²) in [5, 5.41) is 18.2. The zero-order valence-corrected chi connectivity index (χ0v) is 31.5. The molecule has 3 atom stereocenters. The van der Waals surface area contributed by atoms with Crippen LogP contribution in [0.25, 0.3) is 0 Å². The van der Waals surface area contributed by atoms with Gasteiger partial charge in [0.15, 0.2) is 6.10 Å². The van der Waals surface area contributed by atoms with Crippen molar-refractivity contribution in [2.75, 3.05) is 26.4 Å². The van der Waals surface area contributed by atoms with Gasteiger partial charge in [0, 0.05) is 12.8 Å². The van der Waals surface area contributed by atoms with Gasteiger partial charge >= 0.3 is 19.8 Å². The normalized spacial score (nSPS) is 14.9. The van der Waals surface area contributed by atoms with Crippen LogP contribution in [-0.2, 0) is 32.7 Å². The molecule has 0 heterocycles. The number of phosphoric ester groups is 1. The molecule has 0 radical (unpaired) electrons. The lowest BCUT2D eigenvalue weighted by Crippen LogP contribution is -2.29. The Morgan fingerprint density at radius 2 is 1.14 bits per heavy atom. The van der Waals surface area contributed by atoms with Crippen LogP contribution in [0.3, 0.4) is 0 Å². The average Bonchev–Trinajstić information content (AvgIpc) is 3.10. The maximum Gasteiger partial charge on any atom is 0.472 e. The molecule has 0 aliphatic rings. The lowest BCUT2D eigenvalue weighted by molar-refractivity contribution is -0.161. The summed E-state index contributed by atoms with van der Waals surface area (Å²) in [6.07, 6.45) is 37.5. The molecule has 0 amide bonds. The van der Waals surface area contributed by atoms with Crippen LogP contribution in [0.1, 0.15) is 123 Å². The fourth-order valence-electron chi connectivity index (χ4n) is 4.26. The average molecular weight is 725 g/mol. The van der Waals surface area contributed by atoms with E-state index >= 15 is 0 Å². The zero-order valence-electron chi connectivity index (χ0n) is 30.6. The van der Waals surface area contributed by atoms with E-state index < -0.39 is 51.8 Å². The number of aliphatic hydroxyl groups excluding tert-OH is 2. The van der Waals surface area contributed by atoms with Crippen molar-refractivity contribution in [1.82, 2.24) is 0 Å². The quantitative estimate of drug-likeness (QED) is 0.0259. The molecule has 0 rings (SSSR count). The van der Waals surface area contributed by atoms with Crippen LogP contribution in [0, 0.1) is 0 Å². The van der Waals surface area contributed by atoms with Crippen LogP contribution in [0.4, 0.5) is 0 Å². The smallest absolute Gasteiger partial charge is 0.462 e. The van der Waals surface area contributed by atoms with Crippen LogP contribution in [0.15, 0.2) is 72.9 Å². The predicted molar refractivity (Wildman–Crippen MR) is 200 cm³/mol. The van der Waals surface area contributed by atoms with Crippen molar-refractivity contribution in [1.29, 1.82) is 0 Å². The van der Waals surface area contributed by atoms with E-state index in [9.17, 15) is 24.2 Å². The molecule has 10 nitrogen and oxygen atoms in total. The van der Waals surface area contributed by atoms with Gasteiger partial charge in [-0.1, -0.05) is 119 Å². The molecule has 0 fully saturated rings. The highest BCUT2D eigenvalue weighted by Gasteiger charge is 2.27. The number of aliphatic hydroxyl groups is 2. The molecule has 0 aliphatic carbocycles. The standard InChI is InChI=1S/C39H65O10P/c1-3-5-7-9-11-13-15-17-19-20-22-24-26-28-30-38(42)46-34-37(35-48-50(44,45)47-33-36(41)32-40)49-39(43)31-29-27-25-23-21-18-16-14-12-10-8-6-4-2/h6,8-9,11-12,14-15,17-18,21,25,27,36-37,40-41H,3-5,7,10,13,16,19-20,22-24,26,28-35H2,1-2H3,(H,44,45)/b8-6-,11-9-,14-12-,17-15-,21-18-,27-25-. The van der Waals surface area contributed by atoms with Gasteiger partial charge in [-0.2, -0.15) is 0 Å². The first-order valence-corrected chi connectivity index (χ1v) is 19.9. The number of rotatable bonds is 33. The van der Waals surface area contributed by atoms with Crippen LogP contribution in [0.2, 0.25) is 0 Å². The second-order valence-electron chi connectivity index (χ2n) is 11.9. The van der Waals surface area contributed by atoms with Gasteiger partial charge in [0.05, 0.1) is 19.8 Å². The van der Waals surface area contributed by atoms with Gasteiger partial charge in [0.25, 0.3) is 0 Å². The number of allylic oxidation sites excluding steroid dienone is 12. The van der Waals surface area contributed by atoms with E-state index in [4.69, 9.17) is 19.1 Å². The summed E-state index contributed by atoms with van der Waals surface area (Å²) < 4.78 is 32.4. The summed E-state index contributed by atoms with van der Waals surface area (Å²) >= 11 is 0. The molecule has 0 spiro atoms. The van der Waals surface area contributed by atoms with Gasteiger partial charge in [-0.15, -0.1) is 0 Å². The third-order valence-electron chi connectivity index (χ3n) is 7.11. The largest absolute Gasteiger partial charge is 0.472 e. The molecule has 11 heteroatoms. The number of hydrogen-bond acceptors (Lipinski definition) is 9. The SMILES string of the molecule is CC/C=C\C/C=C\C/C=C\C/C=C\CCC(=O)OC(COC(=O)CCCCCCC/C=C\C/C=C\CCCC)COP(=O)(O)OCC(O)CO. The topological polar surface area (TPSA) is 149 Å². The van der Waals surface area contributed by atoms with Crippen molar-refractivity contribution in [3.05, 3.63) is 72.9 Å². The number of carbonyl (C=O) groups is 2. The number of carbonyl (C=O) groups excluding carboxylic acids is 2. The van der Waals surface area contributed by atoms with E-state index in [1.54, 1.807) is 0 Å². The first-order valence-electron chi connectivity index (χ1n) is 18.4. The van der Waals surface area contributed by atoms with E-state index in [1.807, 2.05) is 18.2 Å². The van der Waals surface area contributed by atoms with E-state index in [0.29, 0.717) is 12.8 Å². The summed E-state index contributed by atoms with van der Waals surface area (Å²) in [6.45, 7) is 2.08. The van der Waals surface area contributed by atoms with E-state index in [0.717, 1.165) is 70.6 Å². The van der Waals surface area contributed by atoms with Crippen molar-refractivity contribution < 1.29 is 47.8 Å². The first kappa shape index (κ1) is 47.4. The van der Waals surface area contributed by atoms with Crippen LogP contribution in [-0.4, -0.2) is 65.7 Å². The molecule has 286 valence electrons. The van der Waals surface area contributed by atoms with Gasteiger partial charge in [-0.3, -0.25) is 18.6 Å². The molecule has 3 unspecified atom stereocenters. The Labute approximate surface area is 301 Å². The van der Waals surface area contributed by atoms with E-state index in [-0.39, 0.29) is 19.4 Å². The number of esters is 2. The van der Waals surface area contributed by atoms with Crippen molar-refractivity contribution in [2.45, 2.75) is 135 Å². The van der Waals surface area contributed by atoms with Gasteiger partial charge in [0.1, 0.15) is 12.7 Å². The first-order chi connectivity index (χ1) is 24.2. The maximum absolute atomic E-state index is 12.5. The number of hydrogen-bond donors (Lipinski definition) is 3. The van der Waals surface area contributed by atoms with Crippen LogP contribution < -0.4 is 0 Å². The van der Waals surface area contributed by atoms with E-state index in [1.165, 1.54) is 12.8 Å². The van der Waals surface area contributed by atoms with Crippen molar-refractivity contribution >= 4 is 19.8 Å². The number of phosphoric acid groups is 1. The lowest BCUT2D eigenvalue weighted by atomic mass is 10.1. The Kier molecular flexibility index (Phi) is 33.0. The molecule has 0 saturated carbocycles. The Morgan fingerprint density at radius 1 is 0.620 bits per heavy atom. The highest BCUT2D eigenvalue weighted by molar-refractivity contribution is 7.47. The molecule has 0 saturated heterocycles. The third kappa shape index (κ3) is 33.9. The molecule has 0 bridgehead atoms. The molecule has 0 aromatic carbocycles. The predicted octanol–water partition coefficient (Wildman–Crippen LogP) is 8.94. The summed E-state index contributed by atoms with van der Waals surface area (Å²) in [7, 11) is -4.64. The molecule has 3 N–H and O–H groups in total. The molecule has 0 aromatic rings. The van der Waals surface area contributed by atoms with Crippen LogP contribution >= 0.6 is 7.82 Å². The summed E-state index contributed by atoms with van der Waals surface area (Å²) in [6, 6.07) is 0. The summed E-state index contributed by atoms with van der Waals surface area (Å²) in [4.78, 5) is 34.7. The highest BCUT2D eigenvalue weighted by Crippen LogP contribution is 2.43. The molecular weight excluding hydrogens is 659 g/mol. The van der Waals surface area contributed by atoms with Crippen LogP contribution in [0.5, 0.6) is 0 Å². The second kappa shape index (κ2) is 34.8. The highest BCUT2D eigenvalue weighted by atomic mass is 31.2. The monoisotopic (exact) mass is 724 g/mol. The molecule has 0 aliphatic heterocycles. The maximum atomic E-state index is 12.5. The minimum atomic E-state index is -4.64. The lowest BCUT2D eigenvalue weighted by Gasteiger charge is -2.20. The van der Waals surface area contributed by atoms with Gasteiger partial charge in [-0.05, 0) is 64.2 Å². The Balaban J connectivity index is 4.53. The fourth-order valence-corrected chi connectivity index (χ4v) is 5.05. The Morgan fingerprint density at radius 3 is 1.74 bits per heavy atom. The molecular formula is C39H65O10P. The number of unbranched alkanes of at least 4 members (excludes halogenated alkanes) is 7. The van der Waals surface area contributed by atoms with Gasteiger partial charge in [0.2, 0.25) is 0 Å². The van der Waals surface area contributed by atoms with Crippen molar-refractivity contribution in [3.8, 4) is 0 Å². The Hall–Kier alpha value is -2.59. The number of ether oxygens (including phenoxy) is 2. The minimum absolute atomic E-state index is 0.0561. The summed E-state index contributed by atoms with van der Waals surface area (Å²) in [5.41, 5.74) is 0. The van der Waals surface area contributed by atoms with Crippen molar-refractivity contribution in [3.63, 3.8) is 0 Å². The zero-order chi connectivity index (χ0) is 37.0. The second-order valence-corrected chi connectivity index (χ2v) is 13.3. The Bertz CT molecular complexity index is 1060. The third-order valence-corrected chi connectivity index (χ3v) is 8.06. The summed E-state index contributed by atoms with van der Waals surface area (Å²) in [5.74, 6) is -1.05. The molecule has 0 aromatic heterocycles. The fraction of sp³-hybridized carbons (Fsp3) is 0.641. The minimum Gasteiger partial charge on any atom is -0.462 e. The van der Waals surface area contributed by atoms with E-state index in [2.05, 4.69) is 73.1 Å². The van der Waals surface area contributed by atoms with Crippen molar-refractivity contribution in [2.24, 2.45) is 0 Å².